The van der Waals surface area contributed by atoms with Crippen molar-refractivity contribution in [3.8, 4) is 11.5 Å². The maximum absolute atomic E-state index is 11.0. The summed E-state index contributed by atoms with van der Waals surface area (Å²) < 4.78 is 11.1. The molecule has 0 radical (unpaired) electrons. The van der Waals surface area contributed by atoms with E-state index in [1.807, 2.05) is 22.5 Å². The number of benzene rings is 2. The molecular weight excluding hydrogens is 380 g/mol. The Morgan fingerprint density at radius 3 is 2.64 bits per heavy atom. The first kappa shape index (κ1) is 16.7. The van der Waals surface area contributed by atoms with Crippen molar-refractivity contribution in [2.24, 2.45) is 5.10 Å². The SMILES string of the molecule is O=[N+]([O-])c1ccc(C2=NN(c3nccs3)CCc3cc4c(cc32)OCO4)cc1. The average molecular weight is 394 g/mol. The summed E-state index contributed by atoms with van der Waals surface area (Å²) in [5, 5.41) is 20.4. The Kier molecular flexibility index (Phi) is 3.94. The number of hydrogen-bond donors (Lipinski definition) is 0. The molecule has 0 amide bonds. The van der Waals surface area contributed by atoms with Gasteiger partial charge < -0.3 is 9.47 Å². The highest BCUT2D eigenvalue weighted by atomic mass is 32.1. The molecule has 0 fully saturated rings. The van der Waals surface area contributed by atoms with Gasteiger partial charge in [0.05, 0.1) is 10.6 Å². The molecule has 9 heteroatoms. The summed E-state index contributed by atoms with van der Waals surface area (Å²) >= 11 is 1.51. The van der Waals surface area contributed by atoms with Crippen molar-refractivity contribution in [1.82, 2.24) is 4.98 Å². The van der Waals surface area contributed by atoms with E-state index in [2.05, 4.69) is 4.98 Å². The Morgan fingerprint density at radius 1 is 1.14 bits per heavy atom. The van der Waals surface area contributed by atoms with Gasteiger partial charge in [-0.15, -0.1) is 11.3 Å². The van der Waals surface area contributed by atoms with E-state index in [4.69, 9.17) is 14.6 Å². The first-order valence-electron chi connectivity index (χ1n) is 8.62. The van der Waals surface area contributed by atoms with Crippen LogP contribution in [0.15, 0.2) is 53.1 Å². The molecule has 0 atom stereocenters. The summed E-state index contributed by atoms with van der Waals surface area (Å²) in [6.45, 7) is 0.865. The molecule has 28 heavy (non-hydrogen) atoms. The highest BCUT2D eigenvalue weighted by Crippen LogP contribution is 2.37. The van der Waals surface area contributed by atoms with E-state index in [0.29, 0.717) is 12.3 Å². The zero-order valence-corrected chi connectivity index (χ0v) is 15.4. The highest BCUT2D eigenvalue weighted by molar-refractivity contribution is 7.13. The number of anilines is 1. The van der Waals surface area contributed by atoms with Crippen LogP contribution in [0, 0.1) is 10.1 Å². The second-order valence-corrected chi connectivity index (χ2v) is 7.18. The van der Waals surface area contributed by atoms with E-state index in [1.165, 1.54) is 23.5 Å². The van der Waals surface area contributed by atoms with Crippen LogP contribution in [0.25, 0.3) is 0 Å². The molecular formula is C19H14N4O4S. The van der Waals surface area contributed by atoms with Crippen LogP contribution in [0.2, 0.25) is 0 Å². The van der Waals surface area contributed by atoms with Crippen LogP contribution in [0.4, 0.5) is 10.8 Å². The number of nitrogens with zero attached hydrogens (tertiary/aromatic N) is 4. The second kappa shape index (κ2) is 6.61. The van der Waals surface area contributed by atoms with Crippen LogP contribution in [0.3, 0.4) is 0 Å². The number of nitro groups is 1. The maximum atomic E-state index is 11.0. The largest absolute Gasteiger partial charge is 0.454 e. The molecule has 0 spiro atoms. The number of fused-ring (bicyclic) bond motifs is 2. The predicted octanol–water partition coefficient (Wildman–Crippen LogP) is 3.60. The van der Waals surface area contributed by atoms with E-state index in [1.54, 1.807) is 18.3 Å². The molecule has 0 unspecified atom stereocenters. The summed E-state index contributed by atoms with van der Waals surface area (Å²) in [6, 6.07) is 10.3. The Bertz CT molecular complexity index is 1080. The van der Waals surface area contributed by atoms with Gasteiger partial charge in [0.2, 0.25) is 11.9 Å². The summed E-state index contributed by atoms with van der Waals surface area (Å²) in [4.78, 5) is 15.0. The third kappa shape index (κ3) is 2.85. The van der Waals surface area contributed by atoms with Gasteiger partial charge in [0.1, 0.15) is 0 Å². The van der Waals surface area contributed by atoms with Gasteiger partial charge in [-0.1, -0.05) is 0 Å². The lowest BCUT2D eigenvalue weighted by atomic mass is 9.95. The van der Waals surface area contributed by atoms with Crippen molar-refractivity contribution < 1.29 is 14.4 Å². The lowest BCUT2D eigenvalue weighted by molar-refractivity contribution is -0.384. The second-order valence-electron chi connectivity index (χ2n) is 6.30. The predicted molar refractivity (Wildman–Crippen MR) is 104 cm³/mol. The normalized spacial score (nSPS) is 15.0. The summed E-state index contributed by atoms with van der Waals surface area (Å²) in [6.07, 6.45) is 2.50. The van der Waals surface area contributed by atoms with Gasteiger partial charge in [-0.25, -0.2) is 9.99 Å². The highest BCUT2D eigenvalue weighted by Gasteiger charge is 2.25. The van der Waals surface area contributed by atoms with Crippen molar-refractivity contribution in [3.63, 3.8) is 0 Å². The van der Waals surface area contributed by atoms with Crippen LogP contribution < -0.4 is 14.5 Å². The number of non-ortho nitro benzene ring substituents is 1. The number of rotatable bonds is 3. The number of hydrogen-bond acceptors (Lipinski definition) is 8. The molecule has 2 aliphatic heterocycles. The number of ether oxygens (including phenoxy) is 2. The smallest absolute Gasteiger partial charge is 0.269 e. The zero-order chi connectivity index (χ0) is 19.1. The number of aromatic nitrogens is 1. The van der Waals surface area contributed by atoms with Gasteiger partial charge in [-0.3, -0.25) is 10.1 Å². The Balaban J connectivity index is 1.65. The van der Waals surface area contributed by atoms with Crippen molar-refractivity contribution in [2.75, 3.05) is 18.3 Å². The number of nitro benzene ring substituents is 1. The quantitative estimate of drug-likeness (QED) is 0.498. The minimum atomic E-state index is -0.410. The van der Waals surface area contributed by atoms with Crippen molar-refractivity contribution in [2.45, 2.75) is 6.42 Å². The van der Waals surface area contributed by atoms with Gasteiger partial charge in [0.15, 0.2) is 11.5 Å². The average Bonchev–Trinajstić information content (AvgIpc) is 3.36. The van der Waals surface area contributed by atoms with Crippen LogP contribution in [0.1, 0.15) is 16.7 Å². The van der Waals surface area contributed by atoms with Gasteiger partial charge in [-0.05, 0) is 36.2 Å². The lowest BCUT2D eigenvalue weighted by Gasteiger charge is -2.14. The molecule has 140 valence electrons. The van der Waals surface area contributed by atoms with Crippen LogP contribution in [-0.2, 0) is 6.42 Å². The van der Waals surface area contributed by atoms with Gasteiger partial charge in [0.25, 0.3) is 5.69 Å². The third-order valence-electron chi connectivity index (χ3n) is 4.66. The van der Waals surface area contributed by atoms with E-state index in [9.17, 15) is 10.1 Å². The third-order valence-corrected chi connectivity index (χ3v) is 5.44. The molecule has 3 heterocycles. The number of hydrazone groups is 1. The van der Waals surface area contributed by atoms with Crippen molar-refractivity contribution >= 4 is 27.9 Å². The Labute approximate surface area is 163 Å². The summed E-state index contributed by atoms with van der Waals surface area (Å²) in [7, 11) is 0. The van der Waals surface area contributed by atoms with E-state index < -0.39 is 4.92 Å². The summed E-state index contributed by atoms with van der Waals surface area (Å²) in [5.74, 6) is 1.40. The van der Waals surface area contributed by atoms with E-state index >= 15 is 0 Å². The Morgan fingerprint density at radius 2 is 1.93 bits per heavy atom. The molecule has 3 aromatic rings. The molecule has 0 saturated carbocycles. The molecule has 0 bridgehead atoms. The topological polar surface area (TPSA) is 90.1 Å². The van der Waals surface area contributed by atoms with Gasteiger partial charge in [-0.2, -0.15) is 5.10 Å². The fourth-order valence-electron chi connectivity index (χ4n) is 3.30. The molecule has 0 saturated heterocycles. The molecule has 2 aromatic carbocycles. The molecule has 8 nitrogen and oxygen atoms in total. The molecule has 0 N–H and O–H groups in total. The Hall–Kier alpha value is -3.46. The van der Waals surface area contributed by atoms with E-state index in [-0.39, 0.29) is 12.5 Å². The number of thiazole rings is 1. The minimum absolute atomic E-state index is 0.0423. The maximum Gasteiger partial charge on any atom is 0.269 e. The first-order chi connectivity index (χ1) is 13.7. The van der Waals surface area contributed by atoms with Crippen molar-refractivity contribution in [3.05, 3.63) is 74.8 Å². The van der Waals surface area contributed by atoms with Gasteiger partial charge >= 0.3 is 0 Å². The minimum Gasteiger partial charge on any atom is -0.454 e. The van der Waals surface area contributed by atoms with E-state index in [0.717, 1.165) is 39.7 Å². The van der Waals surface area contributed by atoms with Crippen LogP contribution >= 0.6 is 11.3 Å². The van der Waals surface area contributed by atoms with Gasteiger partial charge in [0, 0.05) is 41.4 Å². The fraction of sp³-hybridized carbons (Fsp3) is 0.158. The van der Waals surface area contributed by atoms with Crippen molar-refractivity contribution in [1.29, 1.82) is 0 Å². The standard InChI is InChI=1S/C19H14N4O4S/c24-23(25)14-3-1-12(2-4-14)18-15-10-17-16(26-11-27-17)9-13(15)5-7-22(21-18)19-20-6-8-28-19/h1-4,6,8-10H,5,7,11H2. The molecule has 0 aliphatic carbocycles. The molecule has 1 aromatic heterocycles. The lowest BCUT2D eigenvalue weighted by Crippen LogP contribution is -2.19. The monoisotopic (exact) mass is 394 g/mol. The molecule has 2 aliphatic rings. The van der Waals surface area contributed by atoms with Crippen LogP contribution in [0.5, 0.6) is 11.5 Å². The molecule has 5 rings (SSSR count). The summed E-state index contributed by atoms with van der Waals surface area (Å²) in [5.41, 5.74) is 3.56. The zero-order valence-electron chi connectivity index (χ0n) is 14.6. The van der Waals surface area contributed by atoms with Crippen LogP contribution in [-0.4, -0.2) is 29.0 Å². The first-order valence-corrected chi connectivity index (χ1v) is 9.50. The fourth-order valence-corrected chi connectivity index (χ4v) is 3.92.